The standard InChI is InChI=1S/C16H24N2/c1-3-18-16(14-8-11(2)9-17-10-14)15(12-4-5-12)13-6-7-13/h8-10,12-13,15-16,18H,3-7H2,1-2H3. The Morgan fingerprint density at radius 2 is 1.89 bits per heavy atom. The van der Waals surface area contributed by atoms with E-state index >= 15 is 0 Å². The lowest BCUT2D eigenvalue weighted by atomic mass is 9.85. The fourth-order valence-corrected chi connectivity index (χ4v) is 3.34. The van der Waals surface area contributed by atoms with Crippen LogP contribution in [-0.2, 0) is 0 Å². The number of aromatic nitrogens is 1. The molecule has 18 heavy (non-hydrogen) atoms. The molecule has 0 spiro atoms. The van der Waals surface area contributed by atoms with E-state index in [1.54, 1.807) is 0 Å². The third-order valence-corrected chi connectivity index (χ3v) is 4.40. The lowest BCUT2D eigenvalue weighted by Crippen LogP contribution is -2.31. The highest BCUT2D eigenvalue weighted by Gasteiger charge is 2.45. The molecule has 0 aliphatic heterocycles. The number of nitrogens with zero attached hydrogens (tertiary/aromatic N) is 1. The second kappa shape index (κ2) is 5.00. The summed E-state index contributed by atoms with van der Waals surface area (Å²) in [5.41, 5.74) is 2.68. The van der Waals surface area contributed by atoms with Gasteiger partial charge in [-0.25, -0.2) is 0 Å². The van der Waals surface area contributed by atoms with Crippen LogP contribution in [0.25, 0.3) is 0 Å². The van der Waals surface area contributed by atoms with Crippen molar-refractivity contribution in [1.82, 2.24) is 10.3 Å². The molecule has 98 valence electrons. The van der Waals surface area contributed by atoms with E-state index in [1.807, 2.05) is 6.20 Å². The van der Waals surface area contributed by atoms with Gasteiger partial charge in [0.25, 0.3) is 0 Å². The Hall–Kier alpha value is -0.890. The van der Waals surface area contributed by atoms with Gasteiger partial charge in [-0.15, -0.1) is 0 Å². The maximum absolute atomic E-state index is 4.39. The Balaban J connectivity index is 1.85. The van der Waals surface area contributed by atoms with Crippen molar-refractivity contribution in [2.75, 3.05) is 6.54 Å². The van der Waals surface area contributed by atoms with Crippen molar-refractivity contribution < 1.29 is 0 Å². The van der Waals surface area contributed by atoms with Crippen molar-refractivity contribution >= 4 is 0 Å². The average molecular weight is 244 g/mol. The minimum absolute atomic E-state index is 0.530. The Labute approximate surface area is 110 Å². The fraction of sp³-hybridized carbons (Fsp3) is 0.688. The average Bonchev–Trinajstić information content (AvgIpc) is 3.23. The van der Waals surface area contributed by atoms with Gasteiger partial charge in [0.05, 0.1) is 0 Å². The van der Waals surface area contributed by atoms with E-state index in [2.05, 4.69) is 36.4 Å². The van der Waals surface area contributed by atoms with Gasteiger partial charge in [0.2, 0.25) is 0 Å². The van der Waals surface area contributed by atoms with E-state index in [0.717, 1.165) is 24.3 Å². The maximum atomic E-state index is 4.39. The van der Waals surface area contributed by atoms with E-state index in [-0.39, 0.29) is 0 Å². The first-order chi connectivity index (χ1) is 8.79. The summed E-state index contributed by atoms with van der Waals surface area (Å²) in [7, 11) is 0. The number of pyridine rings is 1. The zero-order valence-electron chi connectivity index (χ0n) is 11.5. The van der Waals surface area contributed by atoms with Gasteiger partial charge in [0.15, 0.2) is 0 Å². The predicted molar refractivity (Wildman–Crippen MR) is 74.3 cm³/mol. The van der Waals surface area contributed by atoms with Crippen LogP contribution in [0.15, 0.2) is 18.5 Å². The number of hydrogen-bond acceptors (Lipinski definition) is 2. The molecule has 0 amide bonds. The van der Waals surface area contributed by atoms with Gasteiger partial charge in [-0.3, -0.25) is 4.98 Å². The van der Waals surface area contributed by atoms with Crippen molar-refractivity contribution in [1.29, 1.82) is 0 Å². The van der Waals surface area contributed by atoms with Crippen molar-refractivity contribution in [3.8, 4) is 0 Å². The zero-order valence-corrected chi connectivity index (χ0v) is 11.5. The van der Waals surface area contributed by atoms with Gasteiger partial charge in [-0.2, -0.15) is 0 Å². The third kappa shape index (κ3) is 2.59. The van der Waals surface area contributed by atoms with Crippen LogP contribution in [0.3, 0.4) is 0 Å². The van der Waals surface area contributed by atoms with Crippen molar-refractivity contribution in [3.05, 3.63) is 29.6 Å². The van der Waals surface area contributed by atoms with Crippen LogP contribution in [0.2, 0.25) is 0 Å². The molecule has 2 heteroatoms. The molecule has 2 nitrogen and oxygen atoms in total. The van der Waals surface area contributed by atoms with Gasteiger partial charge in [0.1, 0.15) is 0 Å². The molecule has 0 saturated heterocycles. The molecule has 1 aromatic heterocycles. The van der Waals surface area contributed by atoms with Gasteiger partial charge in [-0.1, -0.05) is 13.0 Å². The first kappa shape index (κ1) is 12.2. The summed E-state index contributed by atoms with van der Waals surface area (Å²) in [6.45, 7) is 5.41. The number of hydrogen-bond donors (Lipinski definition) is 1. The Morgan fingerprint density at radius 3 is 2.39 bits per heavy atom. The van der Waals surface area contributed by atoms with Crippen LogP contribution in [0, 0.1) is 24.7 Å². The Morgan fingerprint density at radius 1 is 1.22 bits per heavy atom. The predicted octanol–water partition coefficient (Wildman–Crippen LogP) is 3.48. The first-order valence-corrected chi connectivity index (χ1v) is 7.44. The molecular weight excluding hydrogens is 220 g/mol. The lowest BCUT2D eigenvalue weighted by molar-refractivity contribution is 0.290. The normalized spacial score (nSPS) is 21.3. The highest BCUT2D eigenvalue weighted by Crippen LogP contribution is 2.54. The summed E-state index contributed by atoms with van der Waals surface area (Å²) in [4.78, 5) is 4.39. The second-order valence-corrected chi connectivity index (χ2v) is 6.08. The number of rotatable bonds is 6. The highest BCUT2D eigenvalue weighted by atomic mass is 14.9. The first-order valence-electron chi connectivity index (χ1n) is 7.44. The highest BCUT2D eigenvalue weighted by molar-refractivity contribution is 5.22. The lowest BCUT2D eigenvalue weighted by Gasteiger charge is -2.28. The van der Waals surface area contributed by atoms with Crippen LogP contribution < -0.4 is 5.32 Å². The van der Waals surface area contributed by atoms with Crippen LogP contribution in [0.4, 0.5) is 0 Å². The van der Waals surface area contributed by atoms with Crippen molar-refractivity contribution in [3.63, 3.8) is 0 Å². The molecule has 1 unspecified atom stereocenters. The summed E-state index contributed by atoms with van der Waals surface area (Å²) in [5, 5.41) is 3.73. The molecular formula is C16H24N2. The summed E-state index contributed by atoms with van der Waals surface area (Å²) in [6, 6.07) is 2.85. The minimum Gasteiger partial charge on any atom is -0.310 e. The van der Waals surface area contributed by atoms with Gasteiger partial charge >= 0.3 is 0 Å². The van der Waals surface area contributed by atoms with Crippen LogP contribution in [0.1, 0.15) is 49.8 Å². The summed E-state index contributed by atoms with van der Waals surface area (Å²) in [5.74, 6) is 2.80. The molecule has 3 rings (SSSR count). The molecule has 1 aromatic rings. The summed E-state index contributed by atoms with van der Waals surface area (Å²) >= 11 is 0. The van der Waals surface area contributed by atoms with Crippen LogP contribution >= 0.6 is 0 Å². The molecule has 0 bridgehead atoms. The van der Waals surface area contributed by atoms with E-state index in [1.165, 1.54) is 36.8 Å². The molecule has 1 heterocycles. The monoisotopic (exact) mass is 244 g/mol. The number of aryl methyl sites for hydroxylation is 1. The van der Waals surface area contributed by atoms with Crippen molar-refractivity contribution in [2.24, 2.45) is 17.8 Å². The second-order valence-electron chi connectivity index (χ2n) is 6.08. The molecule has 2 aliphatic rings. The zero-order chi connectivity index (χ0) is 12.5. The fourth-order valence-electron chi connectivity index (χ4n) is 3.34. The smallest absolute Gasteiger partial charge is 0.0369 e. The van der Waals surface area contributed by atoms with Crippen LogP contribution in [-0.4, -0.2) is 11.5 Å². The quantitative estimate of drug-likeness (QED) is 0.828. The maximum Gasteiger partial charge on any atom is 0.0369 e. The summed E-state index contributed by atoms with van der Waals surface area (Å²) in [6.07, 6.45) is 9.81. The minimum atomic E-state index is 0.530. The van der Waals surface area contributed by atoms with Gasteiger partial charge in [0, 0.05) is 18.4 Å². The van der Waals surface area contributed by atoms with Crippen LogP contribution in [0.5, 0.6) is 0 Å². The molecule has 2 aliphatic carbocycles. The Kier molecular flexibility index (Phi) is 3.38. The van der Waals surface area contributed by atoms with E-state index in [0.29, 0.717) is 6.04 Å². The summed E-state index contributed by atoms with van der Waals surface area (Å²) < 4.78 is 0. The van der Waals surface area contributed by atoms with Crippen molar-refractivity contribution in [2.45, 2.75) is 45.6 Å². The molecule has 2 fully saturated rings. The van der Waals surface area contributed by atoms with Gasteiger partial charge < -0.3 is 5.32 Å². The molecule has 0 radical (unpaired) electrons. The van der Waals surface area contributed by atoms with Gasteiger partial charge in [-0.05, 0) is 68.0 Å². The molecule has 2 saturated carbocycles. The SMILES string of the molecule is CCNC(c1cncc(C)c1)C(C1CC1)C1CC1. The van der Waals surface area contributed by atoms with E-state index in [9.17, 15) is 0 Å². The topological polar surface area (TPSA) is 24.9 Å². The largest absolute Gasteiger partial charge is 0.310 e. The van der Waals surface area contributed by atoms with E-state index in [4.69, 9.17) is 0 Å². The Bertz CT molecular complexity index is 395. The molecule has 0 aromatic carbocycles. The van der Waals surface area contributed by atoms with E-state index < -0.39 is 0 Å². The third-order valence-electron chi connectivity index (χ3n) is 4.40. The molecule has 1 N–H and O–H groups in total. The number of nitrogens with one attached hydrogen (secondary N) is 1. The molecule has 1 atom stereocenters.